The number of allylic oxidation sites excluding steroid dienone is 1. The van der Waals surface area contributed by atoms with E-state index in [9.17, 15) is 4.79 Å². The highest BCUT2D eigenvalue weighted by molar-refractivity contribution is 6.01. The number of Topliss-reactive ketones (excluding diaryl/α,β-unsaturated/α-hetero) is 1. The van der Waals surface area contributed by atoms with Crippen LogP contribution in [0.15, 0.2) is 84.1 Å². The normalized spacial score (nSPS) is 19.0. The van der Waals surface area contributed by atoms with E-state index in [1.54, 1.807) is 0 Å². The van der Waals surface area contributed by atoms with Crippen LogP contribution in [0.25, 0.3) is 0 Å². The van der Waals surface area contributed by atoms with Crippen molar-refractivity contribution < 1.29 is 14.3 Å². The monoisotopic (exact) mass is 496 g/mol. The summed E-state index contributed by atoms with van der Waals surface area (Å²) < 4.78 is 12.0. The molecule has 0 saturated carbocycles. The van der Waals surface area contributed by atoms with Gasteiger partial charge in [0.1, 0.15) is 11.5 Å². The fourth-order valence-corrected chi connectivity index (χ4v) is 5.14. The van der Waals surface area contributed by atoms with Gasteiger partial charge in [-0.15, -0.1) is 0 Å². The second kappa shape index (κ2) is 10.7. The molecule has 0 saturated heterocycles. The molecule has 2 unspecified atom stereocenters. The molecule has 2 aliphatic rings. The van der Waals surface area contributed by atoms with E-state index in [-0.39, 0.29) is 23.8 Å². The van der Waals surface area contributed by atoms with Crippen molar-refractivity contribution in [2.75, 3.05) is 17.2 Å². The first-order valence-electron chi connectivity index (χ1n) is 13.3. The molecule has 0 bridgehead atoms. The standard InChI is InChI=1S/C32H36N2O3/c1-20(2)19-36-24-15-13-22(14-16-24)23-17-28-31(29(35)18-23)32(34-27-11-7-6-10-26(27)33-28)25-9-5-8-12-30(25)37-21(3)4/h5-16,20-21,23,32-34H,17-19H2,1-4H3. The lowest BCUT2D eigenvalue weighted by molar-refractivity contribution is -0.116. The SMILES string of the molecule is CC(C)COc1ccc(C2CC(=O)C3=C(C2)Nc2ccccc2NC3c2ccccc2OC(C)C)cc1. The molecule has 5 rings (SSSR count). The van der Waals surface area contributed by atoms with Gasteiger partial charge in [0.2, 0.25) is 0 Å². The first-order valence-corrected chi connectivity index (χ1v) is 13.3. The molecule has 0 radical (unpaired) electrons. The molecule has 192 valence electrons. The molecule has 0 spiro atoms. The van der Waals surface area contributed by atoms with Crippen molar-refractivity contribution in [1.82, 2.24) is 0 Å². The van der Waals surface area contributed by atoms with Gasteiger partial charge in [-0.2, -0.15) is 0 Å². The summed E-state index contributed by atoms with van der Waals surface area (Å²) >= 11 is 0. The van der Waals surface area contributed by atoms with Crippen molar-refractivity contribution in [3.8, 4) is 11.5 Å². The fraction of sp³-hybridized carbons (Fsp3) is 0.344. The van der Waals surface area contributed by atoms with E-state index in [1.807, 2.05) is 56.3 Å². The fourth-order valence-electron chi connectivity index (χ4n) is 5.14. The van der Waals surface area contributed by atoms with Crippen LogP contribution in [0.1, 0.15) is 63.6 Å². The molecule has 1 aliphatic carbocycles. The van der Waals surface area contributed by atoms with E-state index in [0.717, 1.165) is 51.7 Å². The summed E-state index contributed by atoms with van der Waals surface area (Å²) in [6, 6.07) is 24.1. The number of para-hydroxylation sites is 3. The molecule has 3 aromatic carbocycles. The average Bonchev–Trinajstić information content (AvgIpc) is 3.04. The molecule has 1 heterocycles. The minimum Gasteiger partial charge on any atom is -0.493 e. The van der Waals surface area contributed by atoms with Gasteiger partial charge in [-0.1, -0.05) is 56.3 Å². The predicted octanol–water partition coefficient (Wildman–Crippen LogP) is 7.49. The van der Waals surface area contributed by atoms with Crippen LogP contribution in [-0.4, -0.2) is 18.5 Å². The Labute approximate surface area is 219 Å². The van der Waals surface area contributed by atoms with Gasteiger partial charge < -0.3 is 20.1 Å². The van der Waals surface area contributed by atoms with Gasteiger partial charge >= 0.3 is 0 Å². The summed E-state index contributed by atoms with van der Waals surface area (Å²) in [6.45, 7) is 9.02. The van der Waals surface area contributed by atoms with Crippen LogP contribution >= 0.6 is 0 Å². The Morgan fingerprint density at radius 1 is 0.865 bits per heavy atom. The van der Waals surface area contributed by atoms with Crippen LogP contribution in [0.5, 0.6) is 11.5 Å². The summed E-state index contributed by atoms with van der Waals surface area (Å²) in [5.74, 6) is 2.40. The van der Waals surface area contributed by atoms with Crippen molar-refractivity contribution in [2.45, 2.75) is 58.6 Å². The van der Waals surface area contributed by atoms with Crippen molar-refractivity contribution in [3.63, 3.8) is 0 Å². The third kappa shape index (κ3) is 5.51. The second-order valence-electron chi connectivity index (χ2n) is 10.6. The number of nitrogens with one attached hydrogen (secondary N) is 2. The maximum absolute atomic E-state index is 13.9. The van der Waals surface area contributed by atoms with Gasteiger partial charge in [0.25, 0.3) is 0 Å². The lowest BCUT2D eigenvalue weighted by Crippen LogP contribution is -2.27. The topological polar surface area (TPSA) is 59.6 Å². The van der Waals surface area contributed by atoms with E-state index in [2.05, 4.69) is 54.8 Å². The Morgan fingerprint density at radius 2 is 1.57 bits per heavy atom. The van der Waals surface area contributed by atoms with Gasteiger partial charge in [0.05, 0.1) is 30.1 Å². The third-order valence-corrected chi connectivity index (χ3v) is 6.84. The zero-order valence-electron chi connectivity index (χ0n) is 22.1. The molecule has 2 atom stereocenters. The van der Waals surface area contributed by atoms with Crippen molar-refractivity contribution in [1.29, 1.82) is 0 Å². The quantitative estimate of drug-likeness (QED) is 0.355. The van der Waals surface area contributed by atoms with Gasteiger partial charge in [0.15, 0.2) is 5.78 Å². The lowest BCUT2D eigenvalue weighted by atomic mass is 9.78. The highest BCUT2D eigenvalue weighted by atomic mass is 16.5. The number of benzene rings is 3. The zero-order valence-corrected chi connectivity index (χ0v) is 22.1. The average molecular weight is 497 g/mol. The molecule has 0 aromatic heterocycles. The lowest BCUT2D eigenvalue weighted by Gasteiger charge is -2.30. The molecular weight excluding hydrogens is 460 g/mol. The number of hydrogen-bond donors (Lipinski definition) is 2. The van der Waals surface area contributed by atoms with Gasteiger partial charge in [-0.25, -0.2) is 0 Å². The number of ether oxygens (including phenoxy) is 2. The number of anilines is 2. The van der Waals surface area contributed by atoms with Crippen LogP contribution in [-0.2, 0) is 4.79 Å². The summed E-state index contributed by atoms with van der Waals surface area (Å²) in [5.41, 5.74) is 5.85. The summed E-state index contributed by atoms with van der Waals surface area (Å²) in [4.78, 5) is 13.9. The first kappa shape index (κ1) is 24.9. The Morgan fingerprint density at radius 3 is 2.30 bits per heavy atom. The Bertz CT molecular complexity index is 1290. The molecular formula is C32H36N2O3. The molecule has 0 amide bonds. The molecule has 37 heavy (non-hydrogen) atoms. The first-order chi connectivity index (χ1) is 17.9. The van der Waals surface area contributed by atoms with E-state index in [1.165, 1.54) is 0 Å². The molecule has 3 aromatic rings. The Balaban J connectivity index is 1.51. The molecule has 1 aliphatic heterocycles. The molecule has 0 fully saturated rings. The number of carbonyl (C=O) groups excluding carboxylic acids is 1. The van der Waals surface area contributed by atoms with Crippen LogP contribution in [0, 0.1) is 5.92 Å². The predicted molar refractivity (Wildman–Crippen MR) is 149 cm³/mol. The van der Waals surface area contributed by atoms with Crippen LogP contribution in [0.4, 0.5) is 11.4 Å². The summed E-state index contributed by atoms with van der Waals surface area (Å²) in [7, 11) is 0. The highest BCUT2D eigenvalue weighted by Crippen LogP contribution is 2.46. The highest BCUT2D eigenvalue weighted by Gasteiger charge is 2.37. The second-order valence-corrected chi connectivity index (χ2v) is 10.6. The molecule has 2 N–H and O–H groups in total. The number of hydrogen-bond acceptors (Lipinski definition) is 5. The molecule has 5 heteroatoms. The van der Waals surface area contributed by atoms with Crippen molar-refractivity contribution in [2.24, 2.45) is 5.92 Å². The maximum Gasteiger partial charge on any atom is 0.163 e. The van der Waals surface area contributed by atoms with Crippen LogP contribution in [0.3, 0.4) is 0 Å². The largest absolute Gasteiger partial charge is 0.493 e. The smallest absolute Gasteiger partial charge is 0.163 e. The Kier molecular flexibility index (Phi) is 7.22. The number of ketones is 1. The van der Waals surface area contributed by atoms with E-state index < -0.39 is 0 Å². The van der Waals surface area contributed by atoms with Crippen molar-refractivity contribution >= 4 is 17.2 Å². The van der Waals surface area contributed by atoms with E-state index in [0.29, 0.717) is 18.9 Å². The van der Waals surface area contributed by atoms with Gasteiger partial charge in [0, 0.05) is 23.3 Å². The number of carbonyl (C=O) groups is 1. The van der Waals surface area contributed by atoms with Gasteiger partial charge in [-0.05, 0) is 68.0 Å². The molecule has 5 nitrogen and oxygen atoms in total. The van der Waals surface area contributed by atoms with Crippen LogP contribution < -0.4 is 20.1 Å². The van der Waals surface area contributed by atoms with Crippen molar-refractivity contribution in [3.05, 3.63) is 95.2 Å². The Hall–Kier alpha value is -3.73. The number of rotatable bonds is 7. The number of fused-ring (bicyclic) bond motifs is 1. The minimum absolute atomic E-state index is 0.0321. The zero-order chi connectivity index (χ0) is 25.9. The third-order valence-electron chi connectivity index (χ3n) is 6.84. The van der Waals surface area contributed by atoms with Gasteiger partial charge in [-0.3, -0.25) is 4.79 Å². The van der Waals surface area contributed by atoms with Crippen LogP contribution in [0.2, 0.25) is 0 Å². The summed E-state index contributed by atoms with van der Waals surface area (Å²) in [5, 5.41) is 7.29. The van der Waals surface area contributed by atoms with E-state index in [4.69, 9.17) is 9.47 Å². The van der Waals surface area contributed by atoms with E-state index >= 15 is 0 Å². The summed E-state index contributed by atoms with van der Waals surface area (Å²) in [6.07, 6.45) is 1.26. The minimum atomic E-state index is -0.304. The maximum atomic E-state index is 13.9.